The minimum atomic E-state index is -4.75. The molecule has 0 aliphatic rings. The molecule has 1 aromatic heterocycles. The van der Waals surface area contributed by atoms with Crippen LogP contribution in [0.1, 0.15) is 30.0 Å². The first-order chi connectivity index (χ1) is 12.5. The van der Waals surface area contributed by atoms with Crippen molar-refractivity contribution in [3.63, 3.8) is 0 Å². The van der Waals surface area contributed by atoms with Crippen LogP contribution in [0.4, 0.5) is 19.1 Å². The molecule has 0 aliphatic heterocycles. The fraction of sp³-hybridized carbons (Fsp3) is 0.357. The van der Waals surface area contributed by atoms with Crippen molar-refractivity contribution in [2.45, 2.75) is 24.9 Å². The molecule has 0 saturated carbocycles. The Kier molecular flexibility index (Phi) is 6.12. The number of hydrogen-bond donors (Lipinski definition) is 2. The third-order valence-corrected chi connectivity index (χ3v) is 6.03. The molecule has 0 bridgehead atoms. The third-order valence-electron chi connectivity index (χ3n) is 3.50. The minimum absolute atomic E-state index is 0.0873. The number of sulfonamides is 1. The molecule has 0 saturated heterocycles. The SMILES string of the molecule is CCN(CC)S(=O)(=O)c1cc(C(=O)Nc2n[nH]c(C(F)(F)F)n2)ccc1Cl. The summed E-state index contributed by atoms with van der Waals surface area (Å²) < 4.78 is 63.9. The Labute approximate surface area is 157 Å². The molecule has 1 aromatic carbocycles. The van der Waals surface area contributed by atoms with Crippen LogP contribution >= 0.6 is 11.6 Å². The van der Waals surface area contributed by atoms with Crippen LogP contribution in [-0.4, -0.2) is 46.9 Å². The van der Waals surface area contributed by atoms with Crippen LogP contribution in [-0.2, 0) is 16.2 Å². The fourth-order valence-corrected chi connectivity index (χ4v) is 4.12. The molecule has 0 atom stereocenters. The van der Waals surface area contributed by atoms with Crippen molar-refractivity contribution in [1.82, 2.24) is 19.5 Å². The highest BCUT2D eigenvalue weighted by Crippen LogP contribution is 2.27. The van der Waals surface area contributed by atoms with E-state index in [4.69, 9.17) is 11.6 Å². The molecule has 1 heterocycles. The van der Waals surface area contributed by atoms with E-state index in [1.54, 1.807) is 18.9 Å². The van der Waals surface area contributed by atoms with E-state index in [9.17, 15) is 26.4 Å². The molecular formula is C14H15ClF3N5O3S. The first-order valence-corrected chi connectivity index (χ1v) is 9.43. The summed E-state index contributed by atoms with van der Waals surface area (Å²) in [7, 11) is -3.94. The van der Waals surface area contributed by atoms with Crippen LogP contribution in [0.15, 0.2) is 23.1 Å². The van der Waals surface area contributed by atoms with Crippen molar-refractivity contribution in [1.29, 1.82) is 0 Å². The number of anilines is 1. The number of amides is 1. The van der Waals surface area contributed by atoms with E-state index in [1.807, 2.05) is 0 Å². The van der Waals surface area contributed by atoms with Gasteiger partial charge in [-0.2, -0.15) is 22.5 Å². The number of carbonyl (C=O) groups excluding carboxylic acids is 1. The Morgan fingerprint density at radius 3 is 2.44 bits per heavy atom. The summed E-state index contributed by atoms with van der Waals surface area (Å²) in [5.41, 5.74) is -0.136. The second-order valence-corrected chi connectivity index (χ2v) is 7.51. The Morgan fingerprint density at radius 1 is 1.30 bits per heavy atom. The summed E-state index contributed by atoms with van der Waals surface area (Å²) >= 11 is 5.96. The number of H-pyrrole nitrogens is 1. The van der Waals surface area contributed by atoms with Gasteiger partial charge < -0.3 is 0 Å². The van der Waals surface area contributed by atoms with Gasteiger partial charge in [-0.05, 0) is 18.2 Å². The van der Waals surface area contributed by atoms with Gasteiger partial charge in [0.05, 0.1) is 5.02 Å². The predicted molar refractivity (Wildman–Crippen MR) is 90.9 cm³/mol. The van der Waals surface area contributed by atoms with Gasteiger partial charge in [0.1, 0.15) is 4.90 Å². The lowest BCUT2D eigenvalue weighted by Gasteiger charge is -2.19. The zero-order valence-corrected chi connectivity index (χ0v) is 15.7. The molecule has 2 rings (SSSR count). The molecule has 8 nitrogen and oxygen atoms in total. The van der Waals surface area contributed by atoms with Gasteiger partial charge in [-0.1, -0.05) is 25.4 Å². The zero-order valence-electron chi connectivity index (χ0n) is 14.1. The summed E-state index contributed by atoms with van der Waals surface area (Å²) in [5.74, 6) is -2.87. The molecule has 2 aromatic rings. The van der Waals surface area contributed by atoms with Gasteiger partial charge in [-0.15, -0.1) is 5.10 Å². The lowest BCUT2D eigenvalue weighted by molar-refractivity contribution is -0.144. The molecule has 0 unspecified atom stereocenters. The van der Waals surface area contributed by atoms with Crippen LogP contribution in [0.2, 0.25) is 5.02 Å². The molecule has 27 heavy (non-hydrogen) atoms. The van der Waals surface area contributed by atoms with Crippen LogP contribution in [0.3, 0.4) is 0 Å². The van der Waals surface area contributed by atoms with Crippen LogP contribution in [0.5, 0.6) is 0 Å². The van der Waals surface area contributed by atoms with Crippen molar-refractivity contribution in [3.8, 4) is 0 Å². The second-order valence-electron chi connectivity index (χ2n) is 5.19. The predicted octanol–water partition coefficient (Wildman–Crippen LogP) is 2.76. The van der Waals surface area contributed by atoms with Crippen molar-refractivity contribution in [2.75, 3.05) is 18.4 Å². The minimum Gasteiger partial charge on any atom is -0.289 e. The van der Waals surface area contributed by atoms with E-state index in [-0.39, 0.29) is 28.6 Å². The van der Waals surface area contributed by atoms with Crippen molar-refractivity contribution in [3.05, 3.63) is 34.6 Å². The Bertz CT molecular complexity index is 942. The number of aromatic amines is 1. The fourth-order valence-electron chi connectivity index (χ4n) is 2.16. The van der Waals surface area contributed by atoms with Gasteiger partial charge >= 0.3 is 6.18 Å². The highest BCUT2D eigenvalue weighted by atomic mass is 35.5. The monoisotopic (exact) mass is 425 g/mol. The molecule has 1 amide bonds. The van der Waals surface area contributed by atoms with E-state index in [0.29, 0.717) is 0 Å². The molecule has 148 valence electrons. The van der Waals surface area contributed by atoms with Gasteiger partial charge in [0.25, 0.3) is 5.91 Å². The Hall–Kier alpha value is -2.18. The number of rotatable bonds is 6. The average Bonchev–Trinajstić information content (AvgIpc) is 3.04. The van der Waals surface area contributed by atoms with E-state index in [1.165, 1.54) is 12.1 Å². The van der Waals surface area contributed by atoms with E-state index in [0.717, 1.165) is 10.4 Å². The lowest BCUT2D eigenvalue weighted by Crippen LogP contribution is -2.31. The summed E-state index contributed by atoms with van der Waals surface area (Å²) in [6.07, 6.45) is -4.75. The quantitative estimate of drug-likeness (QED) is 0.739. The molecule has 0 spiro atoms. The Morgan fingerprint density at radius 2 is 1.93 bits per heavy atom. The maximum absolute atomic E-state index is 12.6. The zero-order chi connectivity index (χ0) is 20.4. The van der Waals surface area contributed by atoms with Gasteiger partial charge in [-0.25, -0.2) is 8.42 Å². The normalized spacial score (nSPS) is 12.4. The van der Waals surface area contributed by atoms with E-state index >= 15 is 0 Å². The van der Waals surface area contributed by atoms with Gasteiger partial charge in [0.15, 0.2) is 0 Å². The highest BCUT2D eigenvalue weighted by Gasteiger charge is 2.35. The lowest BCUT2D eigenvalue weighted by atomic mass is 10.2. The highest BCUT2D eigenvalue weighted by molar-refractivity contribution is 7.89. The standard InChI is InChI=1S/C14H15ClF3N5O3S/c1-3-23(4-2)27(25,26)10-7-8(5-6-9(10)15)11(24)19-13-20-12(21-22-13)14(16,17)18/h5-7H,3-4H2,1-2H3,(H2,19,20,21,22,24). The number of benzene rings is 1. The van der Waals surface area contributed by atoms with E-state index < -0.39 is 33.9 Å². The smallest absolute Gasteiger partial charge is 0.289 e. The van der Waals surface area contributed by atoms with E-state index in [2.05, 4.69) is 15.4 Å². The molecule has 0 aliphatic carbocycles. The number of halogens is 4. The number of carbonyl (C=O) groups is 1. The molecule has 2 N–H and O–H groups in total. The van der Waals surface area contributed by atoms with Gasteiger partial charge in [0.2, 0.25) is 21.8 Å². The van der Waals surface area contributed by atoms with Crippen molar-refractivity contribution in [2.24, 2.45) is 0 Å². The maximum atomic E-state index is 12.6. The average molecular weight is 426 g/mol. The molecule has 0 radical (unpaired) electrons. The molecule has 0 fully saturated rings. The Balaban J connectivity index is 2.32. The summed E-state index contributed by atoms with van der Waals surface area (Å²) in [6.45, 7) is 3.69. The third kappa shape index (κ3) is 4.57. The number of hydrogen-bond acceptors (Lipinski definition) is 5. The topological polar surface area (TPSA) is 108 Å². The molecule has 13 heteroatoms. The summed E-state index contributed by atoms with van der Waals surface area (Å²) in [4.78, 5) is 15.1. The van der Waals surface area contributed by atoms with Crippen LogP contribution < -0.4 is 5.32 Å². The number of nitrogens with one attached hydrogen (secondary N) is 2. The van der Waals surface area contributed by atoms with Crippen LogP contribution in [0, 0.1) is 0 Å². The van der Waals surface area contributed by atoms with Crippen molar-refractivity contribution < 1.29 is 26.4 Å². The summed E-state index contributed by atoms with van der Waals surface area (Å²) in [5, 5.41) is 6.88. The molecular weight excluding hydrogens is 411 g/mol. The van der Waals surface area contributed by atoms with Gasteiger partial charge in [0, 0.05) is 18.7 Å². The second kappa shape index (κ2) is 7.82. The summed E-state index contributed by atoms with van der Waals surface area (Å²) in [6, 6.07) is 3.49. The van der Waals surface area contributed by atoms with Crippen LogP contribution in [0.25, 0.3) is 0 Å². The number of nitrogens with zero attached hydrogens (tertiary/aromatic N) is 3. The first kappa shape index (κ1) is 21.1. The first-order valence-electron chi connectivity index (χ1n) is 7.61. The number of alkyl halides is 3. The number of aromatic nitrogens is 3. The largest absolute Gasteiger partial charge is 0.451 e. The van der Waals surface area contributed by atoms with Gasteiger partial charge in [-0.3, -0.25) is 15.2 Å². The van der Waals surface area contributed by atoms with Crippen molar-refractivity contribution >= 4 is 33.5 Å². The maximum Gasteiger partial charge on any atom is 0.451 e.